The Hall–Kier alpha value is -0.770. The van der Waals surface area contributed by atoms with Crippen molar-refractivity contribution in [2.45, 2.75) is 32.6 Å². The highest BCUT2D eigenvalue weighted by atomic mass is 16.2. The van der Waals surface area contributed by atoms with Crippen LogP contribution in [-0.4, -0.2) is 19.6 Å². The van der Waals surface area contributed by atoms with Gasteiger partial charge in [-0.05, 0) is 6.42 Å². The normalized spacial score (nSPS) is 9.50. The molecule has 4 heteroatoms. The molecule has 0 spiro atoms. The van der Waals surface area contributed by atoms with E-state index in [9.17, 15) is 4.79 Å². The van der Waals surface area contributed by atoms with Crippen LogP contribution in [0.25, 0.3) is 0 Å². The number of carbonyl (C=O) groups excluding carboxylic acids is 1. The lowest BCUT2D eigenvalue weighted by Gasteiger charge is -2.05. The predicted octanol–water partition coefficient (Wildman–Crippen LogP) is 1.00. The average Bonchev–Trinajstić information content (AvgIpc) is 2.05. The first-order valence-electron chi connectivity index (χ1n) is 4.51. The molecule has 12 heavy (non-hydrogen) atoms. The molecule has 0 rings (SSSR count). The van der Waals surface area contributed by atoms with Gasteiger partial charge in [-0.2, -0.15) is 0 Å². The van der Waals surface area contributed by atoms with Crippen molar-refractivity contribution in [3.05, 3.63) is 0 Å². The zero-order valence-electron chi connectivity index (χ0n) is 7.94. The van der Waals surface area contributed by atoms with E-state index in [2.05, 4.69) is 23.1 Å². The first-order valence-corrected chi connectivity index (χ1v) is 4.51. The summed E-state index contributed by atoms with van der Waals surface area (Å²) < 4.78 is 0. The molecule has 0 radical (unpaired) electrons. The molecule has 2 amide bonds. The third-order valence-corrected chi connectivity index (χ3v) is 1.55. The maximum atomic E-state index is 10.8. The number of hydrogen-bond donors (Lipinski definition) is 3. The monoisotopic (exact) mass is 173 g/mol. The topological polar surface area (TPSA) is 53.2 Å². The van der Waals surface area contributed by atoms with Gasteiger partial charge in [-0.15, -0.1) is 0 Å². The summed E-state index contributed by atoms with van der Waals surface area (Å²) in [4.78, 5) is 10.8. The highest BCUT2D eigenvalue weighted by Gasteiger charge is 1.94. The van der Waals surface area contributed by atoms with Crippen molar-refractivity contribution in [2.75, 3.05) is 13.6 Å². The van der Waals surface area contributed by atoms with Crippen molar-refractivity contribution in [1.29, 1.82) is 0 Å². The number of amides is 2. The van der Waals surface area contributed by atoms with Crippen molar-refractivity contribution in [1.82, 2.24) is 16.2 Å². The molecule has 4 nitrogen and oxygen atoms in total. The zero-order chi connectivity index (χ0) is 9.23. The van der Waals surface area contributed by atoms with Gasteiger partial charge in [0.25, 0.3) is 0 Å². The first kappa shape index (κ1) is 11.2. The van der Waals surface area contributed by atoms with Crippen LogP contribution in [0.2, 0.25) is 0 Å². The maximum absolute atomic E-state index is 10.8. The Balaban J connectivity index is 3.03. The Morgan fingerprint density at radius 3 is 2.58 bits per heavy atom. The molecular weight excluding hydrogens is 154 g/mol. The number of rotatable bonds is 6. The van der Waals surface area contributed by atoms with E-state index in [0.29, 0.717) is 0 Å². The summed E-state index contributed by atoms with van der Waals surface area (Å²) in [5.41, 5.74) is 4.99. The SMILES string of the molecule is CCCCCCNC(=O)NNC. The standard InChI is InChI=1S/C8H19N3O/c1-3-4-5-6-7-10-8(12)11-9-2/h9H,3-7H2,1-2H3,(H2,10,11,12). The quantitative estimate of drug-likeness (QED) is 0.414. The van der Waals surface area contributed by atoms with Crippen LogP contribution in [0, 0.1) is 0 Å². The minimum Gasteiger partial charge on any atom is -0.337 e. The lowest BCUT2D eigenvalue weighted by Crippen LogP contribution is -2.42. The summed E-state index contributed by atoms with van der Waals surface area (Å²) in [7, 11) is 1.66. The van der Waals surface area contributed by atoms with Crippen molar-refractivity contribution >= 4 is 6.03 Å². The second-order valence-electron chi connectivity index (χ2n) is 2.69. The van der Waals surface area contributed by atoms with Crippen molar-refractivity contribution < 1.29 is 4.79 Å². The first-order chi connectivity index (χ1) is 5.81. The van der Waals surface area contributed by atoms with Crippen molar-refractivity contribution in [2.24, 2.45) is 0 Å². The largest absolute Gasteiger partial charge is 0.337 e. The van der Waals surface area contributed by atoms with Gasteiger partial charge in [-0.3, -0.25) is 5.43 Å². The van der Waals surface area contributed by atoms with Crippen LogP contribution in [-0.2, 0) is 0 Å². The van der Waals surface area contributed by atoms with Crippen LogP contribution in [0.15, 0.2) is 0 Å². The number of hydrogen-bond acceptors (Lipinski definition) is 2. The Morgan fingerprint density at radius 1 is 1.25 bits per heavy atom. The molecule has 0 saturated carbocycles. The molecule has 0 aliphatic rings. The molecule has 0 aromatic heterocycles. The van der Waals surface area contributed by atoms with E-state index in [4.69, 9.17) is 0 Å². The average molecular weight is 173 g/mol. The third-order valence-electron chi connectivity index (χ3n) is 1.55. The van der Waals surface area contributed by atoms with Gasteiger partial charge in [-0.1, -0.05) is 26.2 Å². The summed E-state index contributed by atoms with van der Waals surface area (Å²) >= 11 is 0. The lowest BCUT2D eigenvalue weighted by molar-refractivity contribution is 0.237. The summed E-state index contributed by atoms with van der Waals surface area (Å²) in [6.45, 7) is 2.93. The zero-order valence-corrected chi connectivity index (χ0v) is 7.94. The Kier molecular flexibility index (Phi) is 7.79. The lowest BCUT2D eigenvalue weighted by atomic mass is 10.2. The minimum atomic E-state index is -0.158. The molecule has 0 saturated heterocycles. The molecule has 3 N–H and O–H groups in total. The number of carbonyl (C=O) groups is 1. The van der Waals surface area contributed by atoms with E-state index >= 15 is 0 Å². The second kappa shape index (κ2) is 8.33. The van der Waals surface area contributed by atoms with Crippen LogP contribution >= 0.6 is 0 Å². The fourth-order valence-electron chi connectivity index (χ4n) is 0.911. The molecule has 0 bridgehead atoms. The van der Waals surface area contributed by atoms with Gasteiger partial charge in [0, 0.05) is 13.6 Å². The molecular formula is C8H19N3O. The Morgan fingerprint density at radius 2 is 2.00 bits per heavy atom. The molecule has 72 valence electrons. The number of nitrogens with one attached hydrogen (secondary N) is 3. The second-order valence-corrected chi connectivity index (χ2v) is 2.69. The molecule has 0 aliphatic heterocycles. The fraction of sp³-hybridized carbons (Fsp3) is 0.875. The van der Waals surface area contributed by atoms with Crippen molar-refractivity contribution in [3.8, 4) is 0 Å². The van der Waals surface area contributed by atoms with E-state index in [-0.39, 0.29) is 6.03 Å². The van der Waals surface area contributed by atoms with E-state index in [1.807, 2.05) is 0 Å². The fourth-order valence-corrected chi connectivity index (χ4v) is 0.911. The van der Waals surface area contributed by atoms with E-state index < -0.39 is 0 Å². The highest BCUT2D eigenvalue weighted by molar-refractivity contribution is 5.73. The van der Waals surface area contributed by atoms with Crippen LogP contribution in [0.4, 0.5) is 4.79 Å². The van der Waals surface area contributed by atoms with Gasteiger partial charge in [0.05, 0.1) is 0 Å². The van der Waals surface area contributed by atoms with Gasteiger partial charge >= 0.3 is 6.03 Å². The third kappa shape index (κ3) is 7.34. The van der Waals surface area contributed by atoms with Gasteiger partial charge in [0.2, 0.25) is 0 Å². The minimum absolute atomic E-state index is 0.158. The summed E-state index contributed by atoms with van der Waals surface area (Å²) in [5, 5.41) is 2.73. The molecule has 0 heterocycles. The highest BCUT2D eigenvalue weighted by Crippen LogP contribution is 1.96. The molecule has 0 unspecified atom stereocenters. The maximum Gasteiger partial charge on any atom is 0.329 e. The number of urea groups is 1. The molecule has 0 aromatic rings. The Bertz CT molecular complexity index is 117. The number of hydrazine groups is 1. The predicted molar refractivity (Wildman–Crippen MR) is 49.7 cm³/mol. The number of unbranched alkanes of at least 4 members (excludes halogenated alkanes) is 3. The summed E-state index contributed by atoms with van der Waals surface area (Å²) in [5.74, 6) is 0. The van der Waals surface area contributed by atoms with E-state index in [0.717, 1.165) is 13.0 Å². The molecule has 0 aliphatic carbocycles. The van der Waals surface area contributed by atoms with Crippen LogP contribution < -0.4 is 16.2 Å². The van der Waals surface area contributed by atoms with Crippen LogP contribution in [0.5, 0.6) is 0 Å². The molecule has 0 atom stereocenters. The summed E-state index contributed by atoms with van der Waals surface area (Å²) in [6, 6.07) is -0.158. The molecule has 0 fully saturated rings. The van der Waals surface area contributed by atoms with Crippen LogP contribution in [0.1, 0.15) is 32.6 Å². The molecule has 0 aromatic carbocycles. The summed E-state index contributed by atoms with van der Waals surface area (Å²) in [6.07, 6.45) is 4.72. The van der Waals surface area contributed by atoms with Crippen molar-refractivity contribution in [3.63, 3.8) is 0 Å². The van der Waals surface area contributed by atoms with Gasteiger partial charge in [0.15, 0.2) is 0 Å². The van der Waals surface area contributed by atoms with Gasteiger partial charge in [-0.25, -0.2) is 10.2 Å². The Labute approximate surface area is 74.1 Å². The van der Waals surface area contributed by atoms with Crippen LogP contribution in [0.3, 0.4) is 0 Å². The van der Waals surface area contributed by atoms with E-state index in [1.54, 1.807) is 7.05 Å². The van der Waals surface area contributed by atoms with E-state index in [1.165, 1.54) is 19.3 Å². The van der Waals surface area contributed by atoms with Gasteiger partial charge in [0.1, 0.15) is 0 Å². The van der Waals surface area contributed by atoms with Gasteiger partial charge < -0.3 is 5.32 Å². The smallest absolute Gasteiger partial charge is 0.329 e.